The van der Waals surface area contributed by atoms with Crippen molar-refractivity contribution in [2.75, 3.05) is 19.6 Å². The minimum absolute atomic E-state index is 0.0483. The summed E-state index contributed by atoms with van der Waals surface area (Å²) in [5, 5.41) is 3.07. The maximum Gasteiger partial charge on any atom is 0.251 e. The van der Waals surface area contributed by atoms with Crippen LogP contribution in [0.3, 0.4) is 0 Å². The first-order valence-corrected chi connectivity index (χ1v) is 9.27. The van der Waals surface area contributed by atoms with Crippen LogP contribution in [0.4, 0.5) is 0 Å². The summed E-state index contributed by atoms with van der Waals surface area (Å²) in [6.07, 6.45) is 3.69. The zero-order chi connectivity index (χ0) is 16.9. The fraction of sp³-hybridized carbons (Fsp3) is 0.421. The first-order valence-electron chi connectivity index (χ1n) is 8.47. The highest BCUT2D eigenvalue weighted by atomic mass is 79.9. The molecule has 2 aromatic rings. The lowest BCUT2D eigenvalue weighted by Crippen LogP contribution is -2.40. The summed E-state index contributed by atoms with van der Waals surface area (Å²) in [5.74, 6) is 1.80. The Hall–Kier alpha value is -1.59. The fourth-order valence-electron chi connectivity index (χ4n) is 3.16. The first kappa shape index (κ1) is 17.2. The number of halogens is 1. The smallest absolute Gasteiger partial charge is 0.251 e. The first-order chi connectivity index (χ1) is 11.6. The van der Waals surface area contributed by atoms with E-state index in [0.717, 1.165) is 29.1 Å². The topological polar surface area (TPSA) is 45.5 Å². The predicted molar refractivity (Wildman–Crippen MR) is 98.1 cm³/mol. The van der Waals surface area contributed by atoms with Crippen LogP contribution in [0.25, 0.3) is 0 Å². The Kier molecular flexibility index (Phi) is 5.74. The van der Waals surface area contributed by atoms with Crippen LogP contribution >= 0.6 is 15.9 Å². The standard InChI is InChI=1S/C19H23BrN2O2/c1-14-5-10-18(24-14)17(22-11-3-2-4-12-22)13-21-19(23)15-6-8-16(20)9-7-15/h5-10,17H,2-4,11-13H2,1H3,(H,21,23)/t17-/m1/s1. The summed E-state index contributed by atoms with van der Waals surface area (Å²) in [6, 6.07) is 11.5. The Bertz CT molecular complexity index is 675. The van der Waals surface area contributed by atoms with Gasteiger partial charge in [-0.1, -0.05) is 22.4 Å². The number of aryl methyl sites for hydroxylation is 1. The van der Waals surface area contributed by atoms with E-state index in [1.54, 1.807) is 0 Å². The molecule has 1 fully saturated rings. The van der Waals surface area contributed by atoms with Crippen molar-refractivity contribution < 1.29 is 9.21 Å². The molecule has 128 valence electrons. The summed E-state index contributed by atoms with van der Waals surface area (Å²) in [5.41, 5.74) is 0.672. The van der Waals surface area contributed by atoms with Gasteiger partial charge >= 0.3 is 0 Å². The lowest BCUT2D eigenvalue weighted by atomic mass is 10.1. The number of amides is 1. The van der Waals surface area contributed by atoms with E-state index < -0.39 is 0 Å². The number of furan rings is 1. The zero-order valence-electron chi connectivity index (χ0n) is 13.9. The van der Waals surface area contributed by atoms with Crippen molar-refractivity contribution >= 4 is 21.8 Å². The second-order valence-corrected chi connectivity index (χ2v) is 7.19. The Morgan fingerprint density at radius 2 is 1.88 bits per heavy atom. The monoisotopic (exact) mass is 390 g/mol. The third kappa shape index (κ3) is 4.28. The number of hydrogen-bond acceptors (Lipinski definition) is 3. The molecule has 0 saturated carbocycles. The van der Waals surface area contributed by atoms with Crippen LogP contribution in [0, 0.1) is 6.92 Å². The number of nitrogens with zero attached hydrogens (tertiary/aromatic N) is 1. The number of piperidine rings is 1. The molecule has 1 aliphatic heterocycles. The maximum absolute atomic E-state index is 12.4. The predicted octanol–water partition coefficient (Wildman–Crippen LogP) is 4.31. The van der Waals surface area contributed by atoms with E-state index in [1.165, 1.54) is 19.3 Å². The van der Waals surface area contributed by atoms with E-state index in [-0.39, 0.29) is 11.9 Å². The molecular formula is C19H23BrN2O2. The second-order valence-electron chi connectivity index (χ2n) is 6.28. The largest absolute Gasteiger partial charge is 0.465 e. The molecule has 24 heavy (non-hydrogen) atoms. The van der Waals surface area contributed by atoms with Crippen LogP contribution in [0.1, 0.15) is 47.2 Å². The van der Waals surface area contributed by atoms with Crippen molar-refractivity contribution in [3.05, 3.63) is 58.0 Å². The summed E-state index contributed by atoms with van der Waals surface area (Å²) in [7, 11) is 0. The molecule has 0 unspecified atom stereocenters. The zero-order valence-corrected chi connectivity index (χ0v) is 15.5. The van der Waals surface area contributed by atoms with Gasteiger partial charge in [0.1, 0.15) is 11.5 Å². The molecule has 0 aliphatic carbocycles. The SMILES string of the molecule is Cc1ccc([C@@H](CNC(=O)c2ccc(Br)cc2)N2CCCCC2)o1. The Balaban J connectivity index is 1.69. The van der Waals surface area contributed by atoms with Gasteiger partial charge in [0.25, 0.3) is 5.91 Å². The molecule has 0 radical (unpaired) electrons. The van der Waals surface area contributed by atoms with Gasteiger partial charge in [0, 0.05) is 16.6 Å². The van der Waals surface area contributed by atoms with Crippen molar-refractivity contribution in [3.8, 4) is 0 Å². The minimum atomic E-state index is -0.0483. The second kappa shape index (κ2) is 7.99. The third-order valence-corrected chi connectivity index (χ3v) is 5.01. The van der Waals surface area contributed by atoms with Crippen LogP contribution in [-0.4, -0.2) is 30.4 Å². The van der Waals surface area contributed by atoms with Crippen LogP contribution in [0.15, 0.2) is 45.3 Å². The van der Waals surface area contributed by atoms with Gasteiger partial charge in [0.2, 0.25) is 0 Å². The number of nitrogens with one attached hydrogen (secondary N) is 1. The van der Waals surface area contributed by atoms with Gasteiger partial charge in [-0.15, -0.1) is 0 Å². The average Bonchev–Trinajstić information content (AvgIpc) is 3.02. The molecule has 1 amide bonds. The highest BCUT2D eigenvalue weighted by Crippen LogP contribution is 2.25. The van der Waals surface area contributed by atoms with Crippen molar-refractivity contribution in [3.63, 3.8) is 0 Å². The van der Waals surface area contributed by atoms with Gasteiger partial charge < -0.3 is 9.73 Å². The van der Waals surface area contributed by atoms with E-state index in [4.69, 9.17) is 4.42 Å². The van der Waals surface area contributed by atoms with Gasteiger partial charge in [-0.05, 0) is 69.3 Å². The molecule has 0 bridgehead atoms. The normalized spacial score (nSPS) is 16.8. The van der Waals surface area contributed by atoms with Gasteiger partial charge in [-0.3, -0.25) is 9.69 Å². The molecular weight excluding hydrogens is 368 g/mol. The molecule has 1 N–H and O–H groups in total. The molecule has 2 heterocycles. The van der Waals surface area contributed by atoms with Crippen molar-refractivity contribution in [1.29, 1.82) is 0 Å². The molecule has 3 rings (SSSR count). The van der Waals surface area contributed by atoms with E-state index in [0.29, 0.717) is 12.1 Å². The number of rotatable bonds is 5. The van der Waals surface area contributed by atoms with Crippen molar-refractivity contribution in [2.24, 2.45) is 0 Å². The van der Waals surface area contributed by atoms with Crippen molar-refractivity contribution in [2.45, 2.75) is 32.2 Å². The summed E-state index contributed by atoms with van der Waals surface area (Å²) in [6.45, 7) is 4.62. The number of hydrogen-bond donors (Lipinski definition) is 1. The summed E-state index contributed by atoms with van der Waals surface area (Å²) < 4.78 is 6.82. The molecule has 4 nitrogen and oxygen atoms in total. The number of carbonyl (C=O) groups is 1. The molecule has 1 aromatic carbocycles. The summed E-state index contributed by atoms with van der Waals surface area (Å²) >= 11 is 3.39. The van der Waals surface area contributed by atoms with Crippen LogP contribution in [0.2, 0.25) is 0 Å². The molecule has 5 heteroatoms. The summed E-state index contributed by atoms with van der Waals surface area (Å²) in [4.78, 5) is 14.8. The molecule has 1 saturated heterocycles. The van der Waals surface area contributed by atoms with E-state index in [2.05, 4.69) is 26.1 Å². The van der Waals surface area contributed by atoms with Gasteiger partial charge in [0.05, 0.1) is 6.04 Å². The molecule has 1 aliphatic rings. The fourth-order valence-corrected chi connectivity index (χ4v) is 3.43. The van der Waals surface area contributed by atoms with E-state index in [1.807, 2.05) is 43.3 Å². The lowest BCUT2D eigenvalue weighted by Gasteiger charge is -2.33. The Labute approximate surface area is 151 Å². The number of benzene rings is 1. The van der Waals surface area contributed by atoms with Crippen LogP contribution in [-0.2, 0) is 0 Å². The van der Waals surface area contributed by atoms with Gasteiger partial charge in [-0.2, -0.15) is 0 Å². The van der Waals surface area contributed by atoms with Crippen LogP contribution in [0.5, 0.6) is 0 Å². The minimum Gasteiger partial charge on any atom is -0.465 e. The molecule has 1 atom stereocenters. The lowest BCUT2D eigenvalue weighted by molar-refractivity contribution is 0.0913. The maximum atomic E-state index is 12.4. The van der Waals surface area contributed by atoms with Crippen molar-refractivity contribution in [1.82, 2.24) is 10.2 Å². The van der Waals surface area contributed by atoms with Crippen LogP contribution < -0.4 is 5.32 Å². The number of carbonyl (C=O) groups excluding carboxylic acids is 1. The van der Waals surface area contributed by atoms with Gasteiger partial charge in [-0.25, -0.2) is 0 Å². The van der Waals surface area contributed by atoms with E-state index in [9.17, 15) is 4.79 Å². The molecule has 0 spiro atoms. The highest BCUT2D eigenvalue weighted by molar-refractivity contribution is 9.10. The van der Waals surface area contributed by atoms with Gasteiger partial charge in [0.15, 0.2) is 0 Å². The van der Waals surface area contributed by atoms with E-state index >= 15 is 0 Å². The quantitative estimate of drug-likeness (QED) is 0.826. The third-order valence-electron chi connectivity index (χ3n) is 4.48. The average molecular weight is 391 g/mol. The molecule has 1 aromatic heterocycles. The Morgan fingerprint density at radius 3 is 2.50 bits per heavy atom. The Morgan fingerprint density at radius 1 is 1.17 bits per heavy atom. The highest BCUT2D eigenvalue weighted by Gasteiger charge is 2.25. The number of likely N-dealkylation sites (tertiary alicyclic amines) is 1.